The van der Waals surface area contributed by atoms with Crippen molar-refractivity contribution in [2.24, 2.45) is 5.92 Å². The highest BCUT2D eigenvalue weighted by molar-refractivity contribution is 7.89. The topological polar surface area (TPSA) is 58.2 Å². The predicted octanol–water partition coefficient (Wildman–Crippen LogP) is 2.82. The molecule has 0 aliphatic carbocycles. The molecule has 21 heavy (non-hydrogen) atoms. The number of rotatable bonds is 8. The first-order chi connectivity index (χ1) is 9.79. The van der Waals surface area contributed by atoms with E-state index >= 15 is 0 Å². The van der Waals surface area contributed by atoms with Crippen LogP contribution >= 0.6 is 0 Å². The zero-order valence-electron chi connectivity index (χ0n) is 13.7. The lowest BCUT2D eigenvalue weighted by atomic mass is 10.1. The standard InChI is InChI=1S/C16H28N2O2S/c1-6-10-17-11-15-8-7-9-16(13(15)4)21(19,20)18-14(5)12(2)3/h7-9,12,14,17-18H,6,10-11H2,1-5H3. The minimum absolute atomic E-state index is 0.0868. The lowest BCUT2D eigenvalue weighted by Gasteiger charge is -2.19. The minimum Gasteiger partial charge on any atom is -0.313 e. The first-order valence-corrected chi connectivity index (χ1v) is 9.09. The molecule has 5 heteroatoms. The summed E-state index contributed by atoms with van der Waals surface area (Å²) in [6.45, 7) is 11.5. The Morgan fingerprint density at radius 2 is 1.86 bits per heavy atom. The van der Waals surface area contributed by atoms with Crippen LogP contribution in [0.2, 0.25) is 0 Å². The molecule has 0 fully saturated rings. The Bertz CT molecular complexity index is 553. The van der Waals surface area contributed by atoms with Gasteiger partial charge in [0, 0.05) is 12.6 Å². The van der Waals surface area contributed by atoms with Gasteiger partial charge in [-0.1, -0.05) is 32.9 Å². The molecule has 0 amide bonds. The maximum Gasteiger partial charge on any atom is 0.241 e. The van der Waals surface area contributed by atoms with Crippen molar-refractivity contribution in [2.75, 3.05) is 6.54 Å². The molecular formula is C16H28N2O2S. The van der Waals surface area contributed by atoms with Crippen LogP contribution in [0.4, 0.5) is 0 Å². The quantitative estimate of drug-likeness (QED) is 0.726. The fourth-order valence-electron chi connectivity index (χ4n) is 1.99. The Morgan fingerprint density at radius 3 is 2.43 bits per heavy atom. The second-order valence-corrected chi connectivity index (χ2v) is 7.55. The second-order valence-electron chi connectivity index (χ2n) is 5.87. The summed E-state index contributed by atoms with van der Waals surface area (Å²) in [5, 5.41) is 3.31. The SMILES string of the molecule is CCCNCc1cccc(S(=O)(=O)NC(C)C(C)C)c1C. The van der Waals surface area contributed by atoms with E-state index in [0.717, 1.165) is 24.1 Å². The van der Waals surface area contributed by atoms with Gasteiger partial charge < -0.3 is 5.32 Å². The monoisotopic (exact) mass is 312 g/mol. The van der Waals surface area contributed by atoms with Crippen LogP contribution in [0.3, 0.4) is 0 Å². The third kappa shape index (κ3) is 5.09. The Balaban J connectivity index is 2.99. The van der Waals surface area contributed by atoms with E-state index in [2.05, 4.69) is 17.0 Å². The molecule has 0 saturated heterocycles. The summed E-state index contributed by atoms with van der Waals surface area (Å²) in [6.07, 6.45) is 1.06. The van der Waals surface area contributed by atoms with Crippen LogP contribution in [-0.4, -0.2) is 21.0 Å². The molecule has 0 aliphatic rings. The van der Waals surface area contributed by atoms with Crippen molar-refractivity contribution in [3.63, 3.8) is 0 Å². The van der Waals surface area contributed by atoms with Crippen molar-refractivity contribution in [1.29, 1.82) is 0 Å². The van der Waals surface area contributed by atoms with Crippen molar-refractivity contribution in [3.05, 3.63) is 29.3 Å². The molecule has 0 spiro atoms. The molecule has 1 unspecified atom stereocenters. The normalized spacial score (nSPS) is 13.6. The van der Waals surface area contributed by atoms with Crippen LogP contribution in [0.5, 0.6) is 0 Å². The maximum atomic E-state index is 12.5. The highest BCUT2D eigenvalue weighted by atomic mass is 32.2. The highest BCUT2D eigenvalue weighted by Gasteiger charge is 2.21. The van der Waals surface area contributed by atoms with E-state index < -0.39 is 10.0 Å². The zero-order valence-corrected chi connectivity index (χ0v) is 14.5. The first kappa shape index (κ1) is 18.1. The van der Waals surface area contributed by atoms with Crippen molar-refractivity contribution in [3.8, 4) is 0 Å². The molecule has 120 valence electrons. The van der Waals surface area contributed by atoms with Crippen molar-refractivity contribution >= 4 is 10.0 Å². The van der Waals surface area contributed by atoms with E-state index in [-0.39, 0.29) is 12.0 Å². The summed E-state index contributed by atoms with van der Waals surface area (Å²) < 4.78 is 27.8. The van der Waals surface area contributed by atoms with Crippen LogP contribution in [0.1, 0.15) is 45.2 Å². The van der Waals surface area contributed by atoms with Gasteiger partial charge in [-0.3, -0.25) is 0 Å². The van der Waals surface area contributed by atoms with Crippen molar-refractivity contribution in [2.45, 2.75) is 58.5 Å². The molecule has 0 bridgehead atoms. The molecule has 0 heterocycles. The summed E-state index contributed by atoms with van der Waals surface area (Å²) in [5.74, 6) is 0.259. The molecule has 4 nitrogen and oxygen atoms in total. The summed E-state index contributed by atoms with van der Waals surface area (Å²) in [7, 11) is -3.47. The largest absolute Gasteiger partial charge is 0.313 e. The van der Waals surface area contributed by atoms with Gasteiger partial charge in [-0.15, -0.1) is 0 Å². The van der Waals surface area contributed by atoms with Gasteiger partial charge in [0.1, 0.15) is 0 Å². The number of benzene rings is 1. The van der Waals surface area contributed by atoms with Gasteiger partial charge in [0.05, 0.1) is 4.90 Å². The second kappa shape index (κ2) is 7.92. The van der Waals surface area contributed by atoms with Gasteiger partial charge in [0.2, 0.25) is 10.0 Å². The van der Waals surface area contributed by atoms with Gasteiger partial charge in [0.25, 0.3) is 0 Å². The number of sulfonamides is 1. The van der Waals surface area contributed by atoms with E-state index in [0.29, 0.717) is 11.4 Å². The average molecular weight is 312 g/mol. The number of hydrogen-bond donors (Lipinski definition) is 2. The van der Waals surface area contributed by atoms with Crippen LogP contribution in [-0.2, 0) is 16.6 Å². The van der Waals surface area contributed by atoms with E-state index in [1.54, 1.807) is 6.07 Å². The summed E-state index contributed by atoms with van der Waals surface area (Å²) >= 11 is 0. The smallest absolute Gasteiger partial charge is 0.241 e. The predicted molar refractivity (Wildman–Crippen MR) is 87.8 cm³/mol. The lowest BCUT2D eigenvalue weighted by molar-refractivity contribution is 0.476. The first-order valence-electron chi connectivity index (χ1n) is 7.61. The lowest BCUT2D eigenvalue weighted by Crippen LogP contribution is -2.36. The summed E-state index contributed by atoms with van der Waals surface area (Å²) in [6, 6.07) is 5.37. The number of nitrogens with one attached hydrogen (secondary N) is 2. The molecule has 1 aromatic rings. The third-order valence-corrected chi connectivity index (χ3v) is 5.47. The minimum atomic E-state index is -3.47. The van der Waals surface area contributed by atoms with E-state index in [4.69, 9.17) is 0 Å². The van der Waals surface area contributed by atoms with Crippen LogP contribution in [0.25, 0.3) is 0 Å². The van der Waals surface area contributed by atoms with Crippen LogP contribution < -0.4 is 10.0 Å². The zero-order chi connectivity index (χ0) is 16.0. The molecule has 0 aliphatic heterocycles. The molecule has 2 N–H and O–H groups in total. The Morgan fingerprint density at radius 1 is 1.19 bits per heavy atom. The maximum absolute atomic E-state index is 12.5. The highest BCUT2D eigenvalue weighted by Crippen LogP contribution is 2.20. The summed E-state index contributed by atoms with van der Waals surface area (Å²) in [4.78, 5) is 0.380. The van der Waals surface area contributed by atoms with Crippen molar-refractivity contribution < 1.29 is 8.42 Å². The van der Waals surface area contributed by atoms with Gasteiger partial charge in [-0.25, -0.2) is 13.1 Å². The molecule has 1 rings (SSSR count). The van der Waals surface area contributed by atoms with Gasteiger partial charge in [-0.2, -0.15) is 0 Å². The Kier molecular flexibility index (Phi) is 6.84. The molecule has 1 atom stereocenters. The number of hydrogen-bond acceptors (Lipinski definition) is 3. The van der Waals surface area contributed by atoms with E-state index in [1.165, 1.54) is 0 Å². The van der Waals surface area contributed by atoms with Gasteiger partial charge >= 0.3 is 0 Å². The molecular weight excluding hydrogens is 284 g/mol. The van der Waals surface area contributed by atoms with Crippen molar-refractivity contribution in [1.82, 2.24) is 10.0 Å². The molecule has 1 aromatic carbocycles. The van der Waals surface area contributed by atoms with Gasteiger partial charge in [0.15, 0.2) is 0 Å². The van der Waals surface area contributed by atoms with Gasteiger partial charge in [-0.05, 0) is 49.9 Å². The Labute approximate surface area is 129 Å². The Hall–Kier alpha value is -0.910. The molecule has 0 radical (unpaired) electrons. The fourth-order valence-corrected chi connectivity index (χ4v) is 3.67. The fraction of sp³-hybridized carbons (Fsp3) is 0.625. The van der Waals surface area contributed by atoms with Crippen LogP contribution in [0, 0.1) is 12.8 Å². The third-order valence-electron chi connectivity index (χ3n) is 3.77. The summed E-state index contributed by atoms with van der Waals surface area (Å²) in [5.41, 5.74) is 1.85. The molecule has 0 saturated carbocycles. The van der Waals surface area contributed by atoms with E-state index in [1.807, 2.05) is 39.8 Å². The van der Waals surface area contributed by atoms with Crippen LogP contribution in [0.15, 0.2) is 23.1 Å². The van der Waals surface area contributed by atoms with E-state index in [9.17, 15) is 8.42 Å². The average Bonchev–Trinajstić information content (AvgIpc) is 2.40. The molecule has 0 aromatic heterocycles.